The van der Waals surface area contributed by atoms with Crippen molar-refractivity contribution >= 4 is 52.4 Å². The van der Waals surface area contributed by atoms with E-state index in [-0.39, 0.29) is 16.4 Å². The summed E-state index contributed by atoms with van der Waals surface area (Å²) in [6.07, 6.45) is 4.96. The van der Waals surface area contributed by atoms with Gasteiger partial charge in [-0.3, -0.25) is 9.59 Å². The Hall–Kier alpha value is -2.48. The molecule has 3 rings (SSSR count). The molecule has 1 aliphatic carbocycles. The molecule has 0 bridgehead atoms. The molecule has 0 aliphatic heterocycles. The van der Waals surface area contributed by atoms with Gasteiger partial charge in [0.1, 0.15) is 5.82 Å². The molecule has 2 amide bonds. The molecular weight excluding hydrogens is 413 g/mol. The van der Waals surface area contributed by atoms with Crippen LogP contribution in [0.4, 0.5) is 5.82 Å². The van der Waals surface area contributed by atoms with Gasteiger partial charge < -0.3 is 10.6 Å². The average molecular weight is 425 g/mol. The normalized spacial score (nSPS) is 16.2. The second-order valence-corrected chi connectivity index (χ2v) is 6.77. The fourth-order valence-electron chi connectivity index (χ4n) is 2.33. The van der Waals surface area contributed by atoms with Gasteiger partial charge in [-0.1, -0.05) is 40.9 Å². The van der Waals surface area contributed by atoms with Gasteiger partial charge in [-0.05, 0) is 36.8 Å². The maximum atomic E-state index is 12.6. The Labute approximate surface area is 169 Å². The first-order valence-electron chi connectivity index (χ1n) is 7.72. The Morgan fingerprint density at radius 3 is 2.52 bits per heavy atom. The monoisotopic (exact) mass is 423 g/mol. The van der Waals surface area contributed by atoms with Crippen LogP contribution in [0.3, 0.4) is 0 Å². The smallest absolute Gasteiger partial charge is 0.272 e. The molecule has 1 atom stereocenters. The number of nitrogens with one attached hydrogen (secondary N) is 2. The molecule has 27 heavy (non-hydrogen) atoms. The highest BCUT2D eigenvalue weighted by Crippen LogP contribution is 2.22. The van der Waals surface area contributed by atoms with E-state index in [0.29, 0.717) is 22.3 Å². The number of anilines is 1. The van der Waals surface area contributed by atoms with E-state index in [9.17, 15) is 9.59 Å². The van der Waals surface area contributed by atoms with E-state index in [0.717, 1.165) is 0 Å². The Kier molecular flexibility index (Phi) is 6.05. The Bertz CT molecular complexity index is 927. The van der Waals surface area contributed by atoms with E-state index in [2.05, 4.69) is 25.8 Å². The number of hydrogen-bond donors (Lipinski definition) is 2. The third-order valence-corrected chi connectivity index (χ3v) is 4.31. The van der Waals surface area contributed by atoms with E-state index in [1.54, 1.807) is 18.2 Å². The van der Waals surface area contributed by atoms with Crippen molar-refractivity contribution in [3.05, 3.63) is 69.1 Å². The molecule has 1 unspecified atom stereocenters. The highest BCUT2D eigenvalue weighted by molar-refractivity contribution is 6.32. The molecule has 1 aliphatic rings. The summed E-state index contributed by atoms with van der Waals surface area (Å²) in [7, 11) is 0. The topological polar surface area (TPSA) is 96.9 Å². The van der Waals surface area contributed by atoms with Crippen LogP contribution in [0.1, 0.15) is 16.9 Å². The first-order chi connectivity index (χ1) is 12.9. The number of nitrogens with zero attached hydrogens (tertiary/aromatic N) is 3. The molecule has 138 valence electrons. The lowest BCUT2D eigenvalue weighted by molar-refractivity contribution is -0.113. The number of carbonyl (C=O) groups is 2. The first kappa shape index (κ1) is 19.3. The van der Waals surface area contributed by atoms with Crippen LogP contribution in [0.15, 0.2) is 53.2 Å². The van der Waals surface area contributed by atoms with E-state index < -0.39 is 17.9 Å². The molecule has 0 aromatic carbocycles. The number of hydrogen-bond acceptors (Lipinski definition) is 5. The molecule has 0 saturated heterocycles. The molecule has 0 radical (unpaired) electrons. The predicted molar refractivity (Wildman–Crippen MR) is 103 cm³/mol. The molecule has 0 fully saturated rings. The largest absolute Gasteiger partial charge is 0.343 e. The molecule has 2 aromatic heterocycles. The summed E-state index contributed by atoms with van der Waals surface area (Å²) in [6, 6.07) is 5.47. The van der Waals surface area contributed by atoms with E-state index in [1.807, 2.05) is 0 Å². The molecule has 10 heteroatoms. The van der Waals surface area contributed by atoms with Gasteiger partial charge in [0.2, 0.25) is 0 Å². The van der Waals surface area contributed by atoms with Crippen LogP contribution in [0.5, 0.6) is 0 Å². The summed E-state index contributed by atoms with van der Waals surface area (Å²) >= 11 is 17.5. The maximum Gasteiger partial charge on any atom is 0.272 e. The lowest BCUT2D eigenvalue weighted by atomic mass is 9.97. The van der Waals surface area contributed by atoms with Crippen molar-refractivity contribution in [2.45, 2.75) is 12.5 Å². The van der Waals surface area contributed by atoms with Crippen LogP contribution in [-0.2, 0) is 4.79 Å². The first-order valence-corrected chi connectivity index (χ1v) is 8.86. The minimum Gasteiger partial charge on any atom is -0.343 e. The molecule has 2 heterocycles. The fraction of sp³-hybridized carbons (Fsp3) is 0.118. The number of carbonyl (C=O) groups excluding carboxylic acids is 2. The number of allylic oxidation sites excluding steroid dienone is 2. The number of aromatic nitrogens is 3. The summed E-state index contributed by atoms with van der Waals surface area (Å²) < 4.78 is 0. The zero-order chi connectivity index (χ0) is 19.4. The second-order valence-electron chi connectivity index (χ2n) is 5.51. The number of amides is 2. The maximum absolute atomic E-state index is 12.6. The summed E-state index contributed by atoms with van der Waals surface area (Å²) in [4.78, 5) is 29.0. The quantitative estimate of drug-likeness (QED) is 0.784. The third-order valence-electron chi connectivity index (χ3n) is 3.62. The van der Waals surface area contributed by atoms with Crippen LogP contribution in [0, 0.1) is 0 Å². The van der Waals surface area contributed by atoms with E-state index in [4.69, 9.17) is 34.8 Å². The predicted octanol–water partition coefficient (Wildman–Crippen LogP) is 3.37. The van der Waals surface area contributed by atoms with Crippen LogP contribution in [0.2, 0.25) is 10.2 Å². The van der Waals surface area contributed by atoms with Crippen molar-refractivity contribution in [2.24, 2.45) is 0 Å². The van der Waals surface area contributed by atoms with Gasteiger partial charge in [0.25, 0.3) is 11.8 Å². The Morgan fingerprint density at radius 2 is 1.85 bits per heavy atom. The fourth-order valence-corrected chi connectivity index (χ4v) is 2.75. The van der Waals surface area contributed by atoms with Crippen LogP contribution in [-0.4, -0.2) is 33.0 Å². The van der Waals surface area contributed by atoms with Gasteiger partial charge in [0, 0.05) is 16.8 Å². The number of pyridine rings is 1. The van der Waals surface area contributed by atoms with Gasteiger partial charge >= 0.3 is 0 Å². The van der Waals surface area contributed by atoms with Crippen molar-refractivity contribution in [3.63, 3.8) is 0 Å². The molecular formula is C17H12Cl3N5O2. The average Bonchev–Trinajstić information content (AvgIpc) is 2.65. The van der Waals surface area contributed by atoms with E-state index in [1.165, 1.54) is 24.4 Å². The van der Waals surface area contributed by atoms with E-state index >= 15 is 0 Å². The zero-order valence-corrected chi connectivity index (χ0v) is 15.9. The summed E-state index contributed by atoms with van der Waals surface area (Å²) in [5.41, 5.74) is 0.369. The lowest BCUT2D eigenvalue weighted by Crippen LogP contribution is -2.40. The molecule has 0 spiro atoms. The number of rotatable bonds is 4. The van der Waals surface area contributed by atoms with Crippen LogP contribution in [0.25, 0.3) is 0 Å². The third kappa shape index (κ3) is 5.03. The lowest BCUT2D eigenvalue weighted by Gasteiger charge is -2.23. The van der Waals surface area contributed by atoms with Gasteiger partial charge in [-0.15, -0.1) is 10.2 Å². The number of halogens is 3. The highest BCUT2D eigenvalue weighted by atomic mass is 35.5. The van der Waals surface area contributed by atoms with Crippen molar-refractivity contribution in [1.29, 1.82) is 0 Å². The van der Waals surface area contributed by atoms with Gasteiger partial charge in [-0.2, -0.15) is 0 Å². The summed E-state index contributed by atoms with van der Waals surface area (Å²) in [6.45, 7) is 0. The molecule has 7 nitrogen and oxygen atoms in total. The molecule has 2 aromatic rings. The highest BCUT2D eigenvalue weighted by Gasteiger charge is 2.26. The van der Waals surface area contributed by atoms with Crippen LogP contribution >= 0.6 is 34.8 Å². The molecule has 2 N–H and O–H groups in total. The summed E-state index contributed by atoms with van der Waals surface area (Å²) in [5.74, 6) is -0.605. The van der Waals surface area contributed by atoms with Crippen molar-refractivity contribution in [3.8, 4) is 0 Å². The van der Waals surface area contributed by atoms with Crippen molar-refractivity contribution in [2.75, 3.05) is 5.32 Å². The Morgan fingerprint density at radius 1 is 1.04 bits per heavy atom. The van der Waals surface area contributed by atoms with Crippen molar-refractivity contribution in [1.82, 2.24) is 20.5 Å². The van der Waals surface area contributed by atoms with Crippen LogP contribution < -0.4 is 10.6 Å². The minimum atomic E-state index is -0.593. The second kappa shape index (κ2) is 8.47. The molecule has 0 saturated carbocycles. The summed E-state index contributed by atoms with van der Waals surface area (Å²) in [5, 5.41) is 13.8. The van der Waals surface area contributed by atoms with Gasteiger partial charge in [-0.25, -0.2) is 4.98 Å². The minimum absolute atomic E-state index is 0.0826. The van der Waals surface area contributed by atoms with Crippen molar-refractivity contribution < 1.29 is 9.59 Å². The van der Waals surface area contributed by atoms with Gasteiger partial charge in [0.15, 0.2) is 10.8 Å². The van der Waals surface area contributed by atoms with Gasteiger partial charge in [0.05, 0.1) is 11.1 Å². The SMILES string of the molecule is O=C(Nc1ccc(Cl)cn1)C1=CC(Cl)=CCC1NC(=O)c1ccc(Cl)nn1. The zero-order valence-electron chi connectivity index (χ0n) is 13.6. The Balaban J connectivity index is 1.75. The standard InChI is InChI=1S/C17H12Cl3N5O2/c18-9-1-3-12(22-17(27)13-4-5-14(20)25-24-13)11(7-9)16(26)23-15-6-2-10(19)8-21-15/h1-2,4-8,12H,3H2,(H,22,27)(H,21,23,26).